The van der Waals surface area contributed by atoms with E-state index in [0.29, 0.717) is 0 Å². The number of nitrogens with one attached hydrogen (secondary N) is 1. The fourth-order valence-corrected chi connectivity index (χ4v) is 1.95. The van der Waals surface area contributed by atoms with Crippen molar-refractivity contribution in [3.05, 3.63) is 36.8 Å². The molecular formula is C13H13N5O. The number of aromatic amines is 1. The summed E-state index contributed by atoms with van der Waals surface area (Å²) in [6, 6.07) is 7.79. The van der Waals surface area contributed by atoms with Gasteiger partial charge in [-0.1, -0.05) is 0 Å². The van der Waals surface area contributed by atoms with E-state index < -0.39 is 0 Å². The molecule has 0 aliphatic rings. The lowest BCUT2D eigenvalue weighted by molar-refractivity contribution is 0.415. The van der Waals surface area contributed by atoms with Crippen LogP contribution in [0.3, 0.4) is 0 Å². The lowest BCUT2D eigenvalue weighted by atomic mass is 10.2. The molecule has 2 aromatic heterocycles. The van der Waals surface area contributed by atoms with Crippen molar-refractivity contribution < 1.29 is 4.74 Å². The Morgan fingerprint density at radius 3 is 2.68 bits per heavy atom. The number of benzene rings is 1. The van der Waals surface area contributed by atoms with E-state index in [-0.39, 0.29) is 0 Å². The van der Waals surface area contributed by atoms with Crippen LogP contribution in [-0.2, 0) is 0 Å². The number of rotatable bonds is 3. The molecule has 0 radical (unpaired) electrons. The molecule has 6 nitrogen and oxygen atoms in total. The molecule has 0 unspecified atom stereocenters. The molecule has 6 heteroatoms. The van der Waals surface area contributed by atoms with Gasteiger partial charge in [0.05, 0.1) is 18.7 Å². The third kappa shape index (κ3) is 1.97. The monoisotopic (exact) mass is 255 g/mol. The summed E-state index contributed by atoms with van der Waals surface area (Å²) in [7, 11) is 3.61. The smallest absolute Gasteiger partial charge is 0.160 e. The van der Waals surface area contributed by atoms with Gasteiger partial charge in [0, 0.05) is 12.7 Å². The minimum atomic E-state index is 0.727. The molecule has 0 spiro atoms. The Bertz CT molecular complexity index is 692. The fraction of sp³-hybridized carbons (Fsp3) is 0.154. The molecule has 0 saturated heterocycles. The van der Waals surface area contributed by atoms with Gasteiger partial charge < -0.3 is 9.64 Å². The van der Waals surface area contributed by atoms with Crippen molar-refractivity contribution in [3.8, 4) is 5.75 Å². The molecule has 1 N–H and O–H groups in total. The average molecular weight is 255 g/mol. The number of hydrogen-bond donors (Lipinski definition) is 1. The second kappa shape index (κ2) is 4.56. The topological polar surface area (TPSA) is 66.9 Å². The zero-order chi connectivity index (χ0) is 13.2. The number of aromatic nitrogens is 4. The Hall–Kier alpha value is -2.63. The van der Waals surface area contributed by atoms with Crippen LogP contribution < -0.4 is 9.64 Å². The van der Waals surface area contributed by atoms with Gasteiger partial charge in [-0.15, -0.1) is 0 Å². The summed E-state index contributed by atoms with van der Waals surface area (Å²) in [5, 5.41) is 7.72. The van der Waals surface area contributed by atoms with Crippen molar-refractivity contribution in [2.75, 3.05) is 19.1 Å². The van der Waals surface area contributed by atoms with Gasteiger partial charge in [0.1, 0.15) is 17.9 Å². The fourth-order valence-electron chi connectivity index (χ4n) is 1.95. The number of ether oxygens (including phenoxy) is 1. The number of nitrogens with zero attached hydrogens (tertiary/aromatic N) is 4. The van der Waals surface area contributed by atoms with E-state index in [4.69, 9.17) is 4.74 Å². The molecule has 0 amide bonds. The molecule has 1 aromatic carbocycles. The molecule has 0 fully saturated rings. The van der Waals surface area contributed by atoms with Crippen LogP contribution in [0.15, 0.2) is 36.8 Å². The SMILES string of the molecule is COc1ccc(N(C)c2ncnc3[nH]ncc23)cc1. The molecular weight excluding hydrogens is 242 g/mol. The summed E-state index contributed by atoms with van der Waals surface area (Å²) in [6.07, 6.45) is 3.25. The van der Waals surface area contributed by atoms with Gasteiger partial charge in [-0.3, -0.25) is 5.10 Å². The third-order valence-electron chi connectivity index (χ3n) is 3.00. The summed E-state index contributed by atoms with van der Waals surface area (Å²) in [4.78, 5) is 10.4. The first-order valence-corrected chi connectivity index (χ1v) is 5.81. The molecule has 2 heterocycles. The van der Waals surface area contributed by atoms with Gasteiger partial charge in [-0.05, 0) is 24.3 Å². The Morgan fingerprint density at radius 2 is 1.95 bits per heavy atom. The van der Waals surface area contributed by atoms with E-state index in [2.05, 4.69) is 20.2 Å². The van der Waals surface area contributed by atoms with Crippen molar-refractivity contribution in [1.82, 2.24) is 20.2 Å². The quantitative estimate of drug-likeness (QED) is 0.776. The molecule has 0 atom stereocenters. The van der Waals surface area contributed by atoms with Crippen LogP contribution in [-0.4, -0.2) is 34.3 Å². The van der Waals surface area contributed by atoms with Crippen molar-refractivity contribution in [1.29, 1.82) is 0 Å². The van der Waals surface area contributed by atoms with Gasteiger partial charge in [0.25, 0.3) is 0 Å². The minimum absolute atomic E-state index is 0.727. The lowest BCUT2D eigenvalue weighted by Crippen LogP contribution is -2.11. The van der Waals surface area contributed by atoms with Gasteiger partial charge in [0.15, 0.2) is 5.65 Å². The zero-order valence-corrected chi connectivity index (χ0v) is 10.7. The van der Waals surface area contributed by atoms with E-state index >= 15 is 0 Å². The first kappa shape index (κ1) is 11.5. The Morgan fingerprint density at radius 1 is 1.16 bits per heavy atom. The normalized spacial score (nSPS) is 10.6. The highest BCUT2D eigenvalue weighted by Gasteiger charge is 2.11. The second-order valence-corrected chi connectivity index (χ2v) is 4.09. The zero-order valence-electron chi connectivity index (χ0n) is 10.7. The van der Waals surface area contributed by atoms with Crippen LogP contribution in [0.5, 0.6) is 5.75 Å². The number of anilines is 2. The second-order valence-electron chi connectivity index (χ2n) is 4.09. The minimum Gasteiger partial charge on any atom is -0.497 e. The summed E-state index contributed by atoms with van der Waals surface area (Å²) in [5.74, 6) is 1.64. The molecule has 0 aliphatic heterocycles. The predicted octanol–water partition coefficient (Wildman–Crippen LogP) is 2.13. The van der Waals surface area contributed by atoms with E-state index in [0.717, 1.165) is 28.3 Å². The van der Waals surface area contributed by atoms with Crippen molar-refractivity contribution in [2.24, 2.45) is 0 Å². The summed E-state index contributed by atoms with van der Waals surface area (Å²) >= 11 is 0. The van der Waals surface area contributed by atoms with Crippen LogP contribution in [0.25, 0.3) is 11.0 Å². The van der Waals surface area contributed by atoms with Gasteiger partial charge in [0.2, 0.25) is 0 Å². The molecule has 19 heavy (non-hydrogen) atoms. The highest BCUT2D eigenvalue weighted by atomic mass is 16.5. The molecule has 0 aliphatic carbocycles. The van der Waals surface area contributed by atoms with Gasteiger partial charge in [-0.25, -0.2) is 9.97 Å². The maximum absolute atomic E-state index is 5.15. The highest BCUT2D eigenvalue weighted by Crippen LogP contribution is 2.28. The molecule has 96 valence electrons. The first-order valence-electron chi connectivity index (χ1n) is 5.81. The van der Waals surface area contributed by atoms with Gasteiger partial charge in [-0.2, -0.15) is 5.10 Å². The van der Waals surface area contributed by atoms with E-state index in [1.807, 2.05) is 36.2 Å². The number of H-pyrrole nitrogens is 1. The summed E-state index contributed by atoms with van der Waals surface area (Å²) < 4.78 is 5.15. The molecule has 0 saturated carbocycles. The Balaban J connectivity index is 2.02. The van der Waals surface area contributed by atoms with E-state index in [1.54, 1.807) is 13.3 Å². The van der Waals surface area contributed by atoms with Crippen LogP contribution in [0, 0.1) is 0 Å². The van der Waals surface area contributed by atoms with Gasteiger partial charge >= 0.3 is 0 Å². The predicted molar refractivity (Wildman–Crippen MR) is 72.7 cm³/mol. The van der Waals surface area contributed by atoms with Crippen molar-refractivity contribution >= 4 is 22.5 Å². The maximum Gasteiger partial charge on any atom is 0.160 e. The standard InChI is InChI=1S/C13H13N5O/c1-18(9-3-5-10(19-2)6-4-9)13-11-7-16-17-12(11)14-8-15-13/h3-8H,1-2H3,(H,14,15,16,17). The van der Waals surface area contributed by atoms with E-state index in [9.17, 15) is 0 Å². The Labute approximate surface area is 110 Å². The highest BCUT2D eigenvalue weighted by molar-refractivity contribution is 5.88. The summed E-state index contributed by atoms with van der Waals surface area (Å²) in [5.41, 5.74) is 1.74. The molecule has 3 aromatic rings. The Kier molecular flexibility index (Phi) is 2.75. The van der Waals surface area contributed by atoms with Crippen molar-refractivity contribution in [3.63, 3.8) is 0 Å². The number of methoxy groups -OCH3 is 1. The van der Waals surface area contributed by atoms with E-state index in [1.165, 1.54) is 6.33 Å². The average Bonchev–Trinajstić information content (AvgIpc) is 2.95. The first-order chi connectivity index (χ1) is 9.29. The number of hydrogen-bond acceptors (Lipinski definition) is 5. The molecule has 3 rings (SSSR count). The van der Waals surface area contributed by atoms with Crippen LogP contribution >= 0.6 is 0 Å². The summed E-state index contributed by atoms with van der Waals surface area (Å²) in [6.45, 7) is 0. The van der Waals surface area contributed by atoms with Crippen LogP contribution in [0.1, 0.15) is 0 Å². The third-order valence-corrected chi connectivity index (χ3v) is 3.00. The largest absolute Gasteiger partial charge is 0.497 e. The molecule has 0 bridgehead atoms. The van der Waals surface area contributed by atoms with Crippen LogP contribution in [0.2, 0.25) is 0 Å². The number of fused-ring (bicyclic) bond motifs is 1. The van der Waals surface area contributed by atoms with Crippen LogP contribution in [0.4, 0.5) is 11.5 Å². The van der Waals surface area contributed by atoms with Crippen molar-refractivity contribution in [2.45, 2.75) is 0 Å². The maximum atomic E-state index is 5.15. The lowest BCUT2D eigenvalue weighted by Gasteiger charge is -2.18.